The van der Waals surface area contributed by atoms with Crippen molar-refractivity contribution in [1.29, 1.82) is 0 Å². The van der Waals surface area contributed by atoms with Gasteiger partial charge in [0.2, 0.25) is 0 Å². The number of halogens is 8. The zero-order chi connectivity index (χ0) is 19.8. The van der Waals surface area contributed by atoms with Gasteiger partial charge in [-0.3, -0.25) is 0 Å². The van der Waals surface area contributed by atoms with Crippen molar-refractivity contribution in [2.24, 2.45) is 0 Å². The summed E-state index contributed by atoms with van der Waals surface area (Å²) in [6.07, 6.45) is -5.62. The van der Waals surface area contributed by atoms with E-state index in [4.69, 9.17) is 5.11 Å². The number of hydrogen-bond donors (Lipinski definition) is 2. The second-order valence-electron chi connectivity index (χ2n) is 4.96. The molecule has 0 aliphatic carbocycles. The fraction of sp³-hybridized carbons (Fsp3) is 0.133. The Kier molecular flexibility index (Phi) is 5.49. The molecule has 0 aliphatic heterocycles. The molecule has 0 fully saturated rings. The Morgan fingerprint density at radius 2 is 1.58 bits per heavy atom. The number of anilines is 1. The van der Waals surface area contributed by atoms with E-state index in [-0.39, 0.29) is 15.7 Å². The summed E-state index contributed by atoms with van der Waals surface area (Å²) in [5, 5.41) is 11.3. The summed E-state index contributed by atoms with van der Waals surface area (Å²) in [5.41, 5.74) is -4.17. The van der Waals surface area contributed by atoms with Crippen LogP contribution in [0.4, 0.5) is 36.4 Å². The highest BCUT2D eigenvalue weighted by atomic mass is 79.9. The average Bonchev–Trinajstić information content (AvgIpc) is 2.53. The normalized spacial score (nSPS) is 11.5. The predicted molar refractivity (Wildman–Crippen MR) is 79.7 cm³/mol. The van der Waals surface area contributed by atoms with Crippen LogP contribution in [0.25, 0.3) is 0 Å². The van der Waals surface area contributed by atoms with Crippen molar-refractivity contribution >= 4 is 27.6 Å². The molecular weight excluding hydrogens is 439 g/mol. The van der Waals surface area contributed by atoms with Gasteiger partial charge >= 0.3 is 12.1 Å². The van der Waals surface area contributed by atoms with E-state index in [0.717, 1.165) is 6.07 Å². The van der Waals surface area contributed by atoms with Crippen molar-refractivity contribution in [1.82, 2.24) is 0 Å². The van der Waals surface area contributed by atoms with E-state index in [1.807, 2.05) is 0 Å². The van der Waals surface area contributed by atoms with Gasteiger partial charge in [-0.2, -0.15) is 13.2 Å². The van der Waals surface area contributed by atoms with Gasteiger partial charge in [0.1, 0.15) is 5.56 Å². The summed E-state index contributed by atoms with van der Waals surface area (Å²) in [5.74, 6) is -10.8. The zero-order valence-corrected chi connectivity index (χ0v) is 13.9. The first-order chi connectivity index (χ1) is 11.9. The summed E-state index contributed by atoms with van der Waals surface area (Å²) in [6, 6.07) is 3.62. The Morgan fingerprint density at radius 3 is 2.04 bits per heavy atom. The highest BCUT2D eigenvalue weighted by molar-refractivity contribution is 9.10. The quantitative estimate of drug-likeness (QED) is 0.493. The first kappa shape index (κ1) is 20.0. The van der Waals surface area contributed by atoms with Gasteiger partial charge in [-0.25, -0.2) is 22.4 Å². The summed E-state index contributed by atoms with van der Waals surface area (Å²) >= 11 is 2.96. The summed E-state index contributed by atoms with van der Waals surface area (Å²) in [6.45, 7) is -0.926. The van der Waals surface area contributed by atoms with Crippen molar-refractivity contribution in [2.45, 2.75) is 12.7 Å². The molecule has 0 saturated heterocycles. The van der Waals surface area contributed by atoms with Crippen LogP contribution >= 0.6 is 15.9 Å². The van der Waals surface area contributed by atoms with E-state index in [9.17, 15) is 35.5 Å². The van der Waals surface area contributed by atoms with Crippen LogP contribution in [0.5, 0.6) is 0 Å². The lowest BCUT2D eigenvalue weighted by Gasteiger charge is -2.15. The third-order valence-electron chi connectivity index (χ3n) is 3.30. The van der Waals surface area contributed by atoms with E-state index in [1.54, 1.807) is 0 Å². The molecule has 0 atom stereocenters. The van der Waals surface area contributed by atoms with Gasteiger partial charge < -0.3 is 10.4 Å². The molecule has 0 unspecified atom stereocenters. The summed E-state index contributed by atoms with van der Waals surface area (Å²) < 4.78 is 92.4. The number of benzene rings is 2. The molecule has 3 nitrogen and oxygen atoms in total. The highest BCUT2D eigenvalue weighted by Gasteiger charge is 2.42. The maximum absolute atomic E-state index is 13.8. The molecule has 26 heavy (non-hydrogen) atoms. The number of aromatic carboxylic acids is 1. The molecule has 2 aromatic rings. The van der Waals surface area contributed by atoms with Gasteiger partial charge in [0, 0.05) is 22.3 Å². The Labute approximate surface area is 149 Å². The molecule has 0 saturated carbocycles. The molecule has 0 bridgehead atoms. The smallest absolute Gasteiger partial charge is 0.422 e. The van der Waals surface area contributed by atoms with Gasteiger partial charge in [0.25, 0.3) is 0 Å². The Hall–Kier alpha value is -2.30. The molecule has 2 aromatic carbocycles. The lowest BCUT2D eigenvalue weighted by Crippen LogP contribution is -2.18. The fourth-order valence-electron chi connectivity index (χ4n) is 2.07. The Bertz CT molecular complexity index is 854. The molecule has 2 N–H and O–H groups in total. The number of hydrogen-bond acceptors (Lipinski definition) is 2. The maximum Gasteiger partial charge on any atom is 0.422 e. The molecule has 0 spiro atoms. The van der Waals surface area contributed by atoms with Gasteiger partial charge in [0.15, 0.2) is 23.3 Å². The molecule has 140 valence electrons. The van der Waals surface area contributed by atoms with E-state index >= 15 is 0 Å². The molecular formula is C15H7BrF7NO2. The second kappa shape index (κ2) is 7.14. The minimum Gasteiger partial charge on any atom is -0.478 e. The molecule has 0 heterocycles. The minimum atomic E-state index is -5.62. The van der Waals surface area contributed by atoms with E-state index < -0.39 is 53.1 Å². The zero-order valence-electron chi connectivity index (χ0n) is 12.3. The molecule has 0 aromatic heterocycles. The molecule has 2 rings (SSSR count). The second-order valence-corrected chi connectivity index (χ2v) is 5.81. The largest absolute Gasteiger partial charge is 0.478 e. The van der Waals surface area contributed by atoms with Crippen LogP contribution in [-0.4, -0.2) is 11.1 Å². The first-order valence-corrected chi connectivity index (χ1v) is 7.43. The lowest BCUT2D eigenvalue weighted by molar-refractivity contribution is -0.143. The van der Waals surface area contributed by atoms with Crippen molar-refractivity contribution < 1.29 is 40.6 Å². The molecule has 0 amide bonds. The third-order valence-corrected chi connectivity index (χ3v) is 4.00. The number of carbonyl (C=O) groups is 1. The molecule has 0 radical (unpaired) electrons. The number of carboxylic acid groups (broad SMARTS) is 1. The third kappa shape index (κ3) is 3.76. The predicted octanol–water partition coefficient (Wildman–Crippen LogP) is 5.33. The van der Waals surface area contributed by atoms with Crippen LogP contribution in [0.2, 0.25) is 0 Å². The summed E-state index contributed by atoms with van der Waals surface area (Å²) in [4.78, 5) is 11.0. The van der Waals surface area contributed by atoms with Gasteiger partial charge in [-0.15, -0.1) is 0 Å². The minimum absolute atomic E-state index is 0.00474. The van der Waals surface area contributed by atoms with Crippen LogP contribution in [0.1, 0.15) is 21.5 Å². The van der Waals surface area contributed by atoms with Gasteiger partial charge in [0.05, 0.1) is 5.56 Å². The van der Waals surface area contributed by atoms with E-state index in [2.05, 4.69) is 21.2 Å². The van der Waals surface area contributed by atoms with Crippen LogP contribution in [0.15, 0.2) is 22.7 Å². The summed E-state index contributed by atoms with van der Waals surface area (Å²) in [7, 11) is 0. The van der Waals surface area contributed by atoms with Gasteiger partial charge in [-0.05, 0) is 34.1 Å². The van der Waals surface area contributed by atoms with Crippen LogP contribution in [0.3, 0.4) is 0 Å². The lowest BCUT2D eigenvalue weighted by atomic mass is 10.1. The fourth-order valence-corrected chi connectivity index (χ4v) is 2.49. The monoisotopic (exact) mass is 445 g/mol. The standard InChI is InChI=1S/C15H7BrF7NO2/c16-8-2-1-5(3-6(8)14(25)26)24-4-7-10(17)12(19)9(15(21,22)23)13(20)11(7)18/h1-3,24H,4H2,(H,25,26). The number of alkyl halides is 3. The van der Waals surface area contributed by atoms with Crippen LogP contribution in [0, 0.1) is 23.3 Å². The Morgan fingerprint density at radius 1 is 1.04 bits per heavy atom. The average molecular weight is 446 g/mol. The number of rotatable bonds is 4. The maximum atomic E-state index is 13.8. The van der Waals surface area contributed by atoms with Crippen molar-refractivity contribution in [2.75, 3.05) is 5.32 Å². The molecule has 0 aliphatic rings. The number of nitrogens with one attached hydrogen (secondary N) is 1. The SMILES string of the molecule is O=C(O)c1cc(NCc2c(F)c(F)c(C(F)(F)F)c(F)c2F)ccc1Br. The topological polar surface area (TPSA) is 49.3 Å². The Balaban J connectivity index is 2.40. The van der Waals surface area contributed by atoms with E-state index in [1.165, 1.54) is 12.1 Å². The van der Waals surface area contributed by atoms with Crippen molar-refractivity contribution in [3.05, 3.63) is 62.6 Å². The first-order valence-electron chi connectivity index (χ1n) is 6.63. The van der Waals surface area contributed by atoms with Gasteiger partial charge in [-0.1, -0.05) is 0 Å². The van der Waals surface area contributed by atoms with Crippen molar-refractivity contribution in [3.8, 4) is 0 Å². The molecule has 11 heteroatoms. The van der Waals surface area contributed by atoms with Crippen LogP contribution < -0.4 is 5.32 Å². The van der Waals surface area contributed by atoms with E-state index in [0.29, 0.717) is 0 Å². The number of carboxylic acids is 1. The van der Waals surface area contributed by atoms with Crippen molar-refractivity contribution in [3.63, 3.8) is 0 Å². The van der Waals surface area contributed by atoms with Crippen LogP contribution in [-0.2, 0) is 12.7 Å². The highest BCUT2D eigenvalue weighted by Crippen LogP contribution is 2.37.